The van der Waals surface area contributed by atoms with Crippen LogP contribution in [0.2, 0.25) is 0 Å². The lowest BCUT2D eigenvalue weighted by Gasteiger charge is -2.31. The monoisotopic (exact) mass is 423 g/mol. The summed E-state index contributed by atoms with van der Waals surface area (Å²) in [6, 6.07) is 12.8. The highest BCUT2D eigenvalue weighted by Gasteiger charge is 2.28. The molecule has 0 spiro atoms. The minimum Gasteiger partial charge on any atom is -0.466 e. The Balaban J connectivity index is 1.40. The van der Waals surface area contributed by atoms with E-state index in [4.69, 9.17) is 9.26 Å². The first-order valence-corrected chi connectivity index (χ1v) is 10.2. The second kappa shape index (κ2) is 9.07. The van der Waals surface area contributed by atoms with Gasteiger partial charge in [-0.15, -0.1) is 0 Å². The molecular formula is C23H22FN3O4. The summed E-state index contributed by atoms with van der Waals surface area (Å²) in [5.41, 5.74) is 1.88. The number of rotatable bonds is 5. The summed E-state index contributed by atoms with van der Waals surface area (Å²) in [5, 5.41) is 3.94. The van der Waals surface area contributed by atoms with E-state index in [1.165, 1.54) is 12.1 Å². The fourth-order valence-electron chi connectivity index (χ4n) is 3.57. The van der Waals surface area contributed by atoms with Crippen LogP contribution in [-0.4, -0.2) is 46.6 Å². The fraction of sp³-hybridized carbons (Fsp3) is 0.304. The fourth-order valence-corrected chi connectivity index (χ4v) is 3.57. The maximum atomic E-state index is 13.1. The summed E-state index contributed by atoms with van der Waals surface area (Å²) in [5.74, 6) is -0.0600. The second-order valence-electron chi connectivity index (χ2n) is 7.33. The molecule has 0 radical (unpaired) electrons. The van der Waals surface area contributed by atoms with Crippen molar-refractivity contribution < 1.29 is 23.2 Å². The van der Waals surface area contributed by atoms with Gasteiger partial charge in [0.1, 0.15) is 5.82 Å². The van der Waals surface area contributed by atoms with Crippen molar-refractivity contribution in [1.82, 2.24) is 15.0 Å². The van der Waals surface area contributed by atoms with E-state index in [0.717, 1.165) is 0 Å². The third kappa shape index (κ3) is 4.63. The number of aromatic nitrogens is 2. The Kier molecular flexibility index (Phi) is 6.06. The molecule has 0 bridgehead atoms. The maximum Gasteiger partial charge on any atom is 0.309 e. The molecule has 1 amide bonds. The van der Waals surface area contributed by atoms with Crippen LogP contribution in [0.4, 0.5) is 4.39 Å². The molecule has 1 saturated heterocycles. The SMILES string of the molecule is CCOC(=O)C1CCN(C(=O)c2ccc(-c3nc(-c4ccc(F)cc4)no3)cc2)CC1. The van der Waals surface area contributed by atoms with Crippen LogP contribution in [-0.2, 0) is 9.53 Å². The summed E-state index contributed by atoms with van der Waals surface area (Å²) in [4.78, 5) is 30.8. The molecular weight excluding hydrogens is 401 g/mol. The van der Waals surface area contributed by atoms with E-state index in [1.807, 2.05) is 0 Å². The summed E-state index contributed by atoms with van der Waals surface area (Å²) >= 11 is 0. The molecule has 31 heavy (non-hydrogen) atoms. The Labute approximate surface area is 178 Å². The van der Waals surface area contributed by atoms with Crippen LogP contribution in [0.25, 0.3) is 22.8 Å². The highest BCUT2D eigenvalue weighted by molar-refractivity contribution is 5.94. The van der Waals surface area contributed by atoms with Gasteiger partial charge in [0.15, 0.2) is 0 Å². The average molecular weight is 423 g/mol. The maximum absolute atomic E-state index is 13.1. The van der Waals surface area contributed by atoms with Gasteiger partial charge in [0, 0.05) is 29.8 Å². The Morgan fingerprint density at radius 2 is 1.71 bits per heavy atom. The first-order valence-electron chi connectivity index (χ1n) is 10.2. The van der Waals surface area contributed by atoms with Crippen LogP contribution in [0.5, 0.6) is 0 Å². The zero-order valence-corrected chi connectivity index (χ0v) is 17.1. The molecule has 0 unspecified atom stereocenters. The van der Waals surface area contributed by atoms with E-state index in [9.17, 15) is 14.0 Å². The number of piperidine rings is 1. The van der Waals surface area contributed by atoms with E-state index in [2.05, 4.69) is 10.1 Å². The number of halogens is 1. The van der Waals surface area contributed by atoms with Crippen molar-refractivity contribution in [2.75, 3.05) is 19.7 Å². The number of carbonyl (C=O) groups is 2. The van der Waals surface area contributed by atoms with Gasteiger partial charge in [0.2, 0.25) is 5.82 Å². The summed E-state index contributed by atoms with van der Waals surface area (Å²) in [6.07, 6.45) is 1.22. The third-order valence-corrected chi connectivity index (χ3v) is 5.31. The number of hydrogen-bond acceptors (Lipinski definition) is 6. The number of carbonyl (C=O) groups excluding carboxylic acids is 2. The van der Waals surface area contributed by atoms with Crippen molar-refractivity contribution in [3.05, 3.63) is 59.9 Å². The Bertz CT molecular complexity index is 1060. The van der Waals surface area contributed by atoms with Crippen LogP contribution in [0, 0.1) is 11.7 Å². The normalized spacial score (nSPS) is 14.5. The van der Waals surface area contributed by atoms with Crippen LogP contribution in [0.15, 0.2) is 53.1 Å². The van der Waals surface area contributed by atoms with Crippen LogP contribution in [0.1, 0.15) is 30.1 Å². The van der Waals surface area contributed by atoms with Crippen LogP contribution in [0.3, 0.4) is 0 Å². The topological polar surface area (TPSA) is 85.5 Å². The lowest BCUT2D eigenvalue weighted by atomic mass is 9.96. The number of ether oxygens (including phenoxy) is 1. The molecule has 0 saturated carbocycles. The molecule has 0 aliphatic carbocycles. The first kappa shape index (κ1) is 20.7. The molecule has 7 nitrogen and oxygen atoms in total. The zero-order chi connectivity index (χ0) is 21.8. The summed E-state index contributed by atoms with van der Waals surface area (Å²) in [7, 11) is 0. The predicted octanol–water partition coefficient (Wildman–Crippen LogP) is 3.96. The van der Waals surface area contributed by atoms with E-state index < -0.39 is 0 Å². The average Bonchev–Trinajstić information content (AvgIpc) is 3.30. The smallest absolute Gasteiger partial charge is 0.309 e. The largest absolute Gasteiger partial charge is 0.466 e. The van der Waals surface area contributed by atoms with E-state index >= 15 is 0 Å². The van der Waals surface area contributed by atoms with Crippen molar-refractivity contribution in [2.24, 2.45) is 5.92 Å². The van der Waals surface area contributed by atoms with Gasteiger partial charge >= 0.3 is 5.97 Å². The van der Waals surface area contributed by atoms with Gasteiger partial charge in [-0.1, -0.05) is 5.16 Å². The minimum absolute atomic E-state index is 0.0774. The quantitative estimate of drug-likeness (QED) is 0.578. The van der Waals surface area contributed by atoms with E-state index in [1.54, 1.807) is 48.2 Å². The van der Waals surface area contributed by atoms with E-state index in [0.29, 0.717) is 60.9 Å². The number of benzene rings is 2. The molecule has 160 valence electrons. The Morgan fingerprint density at radius 1 is 1.06 bits per heavy atom. The molecule has 0 atom stereocenters. The van der Waals surface area contributed by atoms with Crippen molar-refractivity contribution in [1.29, 1.82) is 0 Å². The van der Waals surface area contributed by atoms with Gasteiger partial charge in [-0.3, -0.25) is 9.59 Å². The van der Waals surface area contributed by atoms with Gasteiger partial charge in [-0.2, -0.15) is 4.98 Å². The molecule has 2 aromatic carbocycles. The second-order valence-corrected chi connectivity index (χ2v) is 7.33. The molecule has 4 rings (SSSR count). The summed E-state index contributed by atoms with van der Waals surface area (Å²) < 4.78 is 23.5. The highest BCUT2D eigenvalue weighted by Crippen LogP contribution is 2.24. The molecule has 3 aromatic rings. The number of esters is 1. The Morgan fingerprint density at radius 3 is 2.35 bits per heavy atom. The van der Waals surface area contributed by atoms with Crippen LogP contribution >= 0.6 is 0 Å². The molecule has 0 N–H and O–H groups in total. The number of likely N-dealkylation sites (tertiary alicyclic amines) is 1. The third-order valence-electron chi connectivity index (χ3n) is 5.31. The highest BCUT2D eigenvalue weighted by atomic mass is 19.1. The van der Waals surface area contributed by atoms with Gasteiger partial charge in [-0.25, -0.2) is 4.39 Å². The standard InChI is InChI=1S/C23H22FN3O4/c1-2-30-23(29)18-11-13-27(14-12-18)22(28)17-5-3-16(4-6-17)21-25-20(26-31-21)15-7-9-19(24)10-8-15/h3-10,18H,2,11-14H2,1H3. The first-order chi connectivity index (χ1) is 15.0. The molecule has 8 heteroatoms. The molecule has 1 aliphatic rings. The molecule has 1 aliphatic heterocycles. The number of hydrogen-bond donors (Lipinski definition) is 0. The van der Waals surface area contributed by atoms with Gasteiger partial charge in [0.25, 0.3) is 11.8 Å². The summed E-state index contributed by atoms with van der Waals surface area (Å²) in [6.45, 7) is 3.21. The van der Waals surface area contributed by atoms with Crippen molar-refractivity contribution in [3.63, 3.8) is 0 Å². The van der Waals surface area contributed by atoms with Crippen LogP contribution < -0.4 is 0 Å². The van der Waals surface area contributed by atoms with Gasteiger partial charge < -0.3 is 14.2 Å². The minimum atomic E-state index is -0.335. The molecule has 1 fully saturated rings. The van der Waals surface area contributed by atoms with E-state index in [-0.39, 0.29) is 23.6 Å². The van der Waals surface area contributed by atoms with Crippen molar-refractivity contribution >= 4 is 11.9 Å². The van der Waals surface area contributed by atoms with Crippen molar-refractivity contribution in [2.45, 2.75) is 19.8 Å². The molecule has 1 aromatic heterocycles. The predicted molar refractivity (Wildman–Crippen MR) is 110 cm³/mol. The number of amides is 1. The Hall–Kier alpha value is -3.55. The molecule has 2 heterocycles. The number of nitrogens with zero attached hydrogens (tertiary/aromatic N) is 3. The van der Waals surface area contributed by atoms with Gasteiger partial charge in [-0.05, 0) is 68.3 Å². The zero-order valence-electron chi connectivity index (χ0n) is 17.1. The lowest BCUT2D eigenvalue weighted by Crippen LogP contribution is -2.40. The van der Waals surface area contributed by atoms with Gasteiger partial charge in [0.05, 0.1) is 12.5 Å². The lowest BCUT2D eigenvalue weighted by molar-refractivity contribution is -0.149. The van der Waals surface area contributed by atoms with Crippen molar-refractivity contribution in [3.8, 4) is 22.8 Å².